The van der Waals surface area contributed by atoms with Crippen LogP contribution < -0.4 is 30.6 Å². The third kappa shape index (κ3) is 7.82. The van der Waals surface area contributed by atoms with Gasteiger partial charge in [0.05, 0.1) is 36.5 Å². The monoisotopic (exact) mass is 520 g/mol. The van der Waals surface area contributed by atoms with Crippen LogP contribution in [0.3, 0.4) is 0 Å². The highest BCUT2D eigenvalue weighted by molar-refractivity contribution is 6.33. The number of carboxylic acid groups (broad SMARTS) is 1. The molecule has 11 heteroatoms. The summed E-state index contributed by atoms with van der Waals surface area (Å²) in [4.78, 5) is 26.2. The third-order valence-corrected chi connectivity index (χ3v) is 6.47. The molecule has 1 fully saturated rings. The SMILES string of the molecule is COc1ccc(OCC(CN2CCC(CNC(=O)c3cc(Cl)c(N)cc3OC)CC2)NC(=O)O)cc1. The first-order valence-corrected chi connectivity index (χ1v) is 12.1. The Morgan fingerprint density at radius 3 is 2.42 bits per heavy atom. The Morgan fingerprint density at radius 2 is 1.81 bits per heavy atom. The molecule has 0 spiro atoms. The van der Waals surface area contributed by atoms with E-state index in [9.17, 15) is 14.7 Å². The number of nitrogens with two attached hydrogens (primary N) is 1. The Labute approximate surface area is 215 Å². The Balaban J connectivity index is 1.46. The highest BCUT2D eigenvalue weighted by Crippen LogP contribution is 2.29. The fraction of sp³-hybridized carbons (Fsp3) is 0.440. The molecule has 0 radical (unpaired) electrons. The van der Waals surface area contributed by atoms with E-state index in [1.165, 1.54) is 19.2 Å². The number of piperidine rings is 1. The third-order valence-electron chi connectivity index (χ3n) is 6.14. The maximum Gasteiger partial charge on any atom is 0.405 e. The predicted molar refractivity (Wildman–Crippen MR) is 137 cm³/mol. The molecule has 1 unspecified atom stereocenters. The van der Waals surface area contributed by atoms with E-state index in [1.807, 2.05) is 0 Å². The van der Waals surface area contributed by atoms with Crippen molar-refractivity contribution in [3.05, 3.63) is 47.0 Å². The number of methoxy groups -OCH3 is 2. The van der Waals surface area contributed by atoms with E-state index in [4.69, 9.17) is 31.5 Å². The number of ether oxygens (including phenoxy) is 3. The summed E-state index contributed by atoms with van der Waals surface area (Å²) in [7, 11) is 3.07. The zero-order valence-electron chi connectivity index (χ0n) is 20.5. The van der Waals surface area contributed by atoms with Crippen molar-refractivity contribution in [1.82, 2.24) is 15.5 Å². The second-order valence-corrected chi connectivity index (χ2v) is 9.07. The van der Waals surface area contributed by atoms with Crippen LogP contribution in [-0.4, -0.2) is 75.1 Å². The van der Waals surface area contributed by atoms with Crippen LogP contribution in [0.5, 0.6) is 17.2 Å². The summed E-state index contributed by atoms with van der Waals surface area (Å²) in [5.41, 5.74) is 6.48. The second-order valence-electron chi connectivity index (χ2n) is 8.66. The molecule has 36 heavy (non-hydrogen) atoms. The quantitative estimate of drug-likeness (QED) is 0.332. The Kier molecular flexibility index (Phi) is 9.89. The number of amides is 2. The average Bonchev–Trinajstić information content (AvgIpc) is 2.88. The largest absolute Gasteiger partial charge is 0.497 e. The lowest BCUT2D eigenvalue weighted by atomic mass is 9.96. The molecule has 2 amide bonds. The van der Waals surface area contributed by atoms with Crippen molar-refractivity contribution in [1.29, 1.82) is 0 Å². The van der Waals surface area contributed by atoms with E-state index in [2.05, 4.69) is 15.5 Å². The smallest absolute Gasteiger partial charge is 0.405 e. The van der Waals surface area contributed by atoms with Crippen molar-refractivity contribution >= 4 is 29.3 Å². The molecule has 196 valence electrons. The van der Waals surface area contributed by atoms with Crippen LogP contribution in [0.25, 0.3) is 0 Å². The number of benzene rings is 2. The van der Waals surface area contributed by atoms with Gasteiger partial charge in [-0.15, -0.1) is 0 Å². The molecule has 5 N–H and O–H groups in total. The van der Waals surface area contributed by atoms with Crippen molar-refractivity contribution in [2.45, 2.75) is 18.9 Å². The van der Waals surface area contributed by atoms with Gasteiger partial charge in [-0.1, -0.05) is 11.6 Å². The Morgan fingerprint density at radius 1 is 1.14 bits per heavy atom. The fourth-order valence-electron chi connectivity index (χ4n) is 4.12. The molecule has 3 rings (SSSR count). The van der Waals surface area contributed by atoms with Gasteiger partial charge in [0.25, 0.3) is 5.91 Å². The molecule has 1 atom stereocenters. The van der Waals surface area contributed by atoms with Crippen molar-refractivity contribution in [2.75, 3.05) is 52.7 Å². The van der Waals surface area contributed by atoms with Crippen LogP contribution in [0.15, 0.2) is 36.4 Å². The van der Waals surface area contributed by atoms with Gasteiger partial charge in [0.1, 0.15) is 23.9 Å². The lowest BCUT2D eigenvalue weighted by molar-refractivity contribution is 0.0929. The van der Waals surface area contributed by atoms with Gasteiger partial charge >= 0.3 is 6.09 Å². The van der Waals surface area contributed by atoms with Gasteiger partial charge in [0.15, 0.2) is 0 Å². The van der Waals surface area contributed by atoms with Gasteiger partial charge in [-0.05, 0) is 62.2 Å². The second kappa shape index (κ2) is 13.1. The first kappa shape index (κ1) is 27.2. The van der Waals surface area contributed by atoms with Gasteiger partial charge in [-0.25, -0.2) is 4.79 Å². The molecule has 1 aliphatic heterocycles. The number of halogens is 1. The number of nitrogens with one attached hydrogen (secondary N) is 2. The number of hydrogen-bond acceptors (Lipinski definition) is 7. The molecule has 0 saturated carbocycles. The minimum Gasteiger partial charge on any atom is -0.497 e. The Bertz CT molecular complexity index is 1030. The van der Waals surface area contributed by atoms with Crippen molar-refractivity contribution in [3.63, 3.8) is 0 Å². The molecule has 10 nitrogen and oxygen atoms in total. The molecule has 0 bridgehead atoms. The number of hydrogen-bond donors (Lipinski definition) is 4. The van der Waals surface area contributed by atoms with Gasteiger partial charge in [-0.2, -0.15) is 0 Å². The first-order chi connectivity index (χ1) is 17.3. The van der Waals surface area contributed by atoms with Gasteiger partial charge in [0, 0.05) is 19.2 Å². The number of carbonyl (C=O) groups excluding carboxylic acids is 1. The van der Waals surface area contributed by atoms with Crippen LogP contribution in [0.2, 0.25) is 5.02 Å². The Hall–Kier alpha value is -3.37. The molecule has 0 aliphatic carbocycles. The minimum atomic E-state index is -1.09. The number of anilines is 1. The van der Waals surface area contributed by atoms with Crippen molar-refractivity contribution in [2.24, 2.45) is 5.92 Å². The zero-order valence-corrected chi connectivity index (χ0v) is 21.2. The van der Waals surface area contributed by atoms with Gasteiger partial charge in [0.2, 0.25) is 0 Å². The van der Waals surface area contributed by atoms with E-state index in [1.54, 1.807) is 31.4 Å². The van der Waals surface area contributed by atoms with E-state index in [-0.39, 0.29) is 18.6 Å². The fourth-order valence-corrected chi connectivity index (χ4v) is 4.28. The summed E-state index contributed by atoms with van der Waals surface area (Å²) in [6.07, 6.45) is 0.659. The molecule has 1 saturated heterocycles. The minimum absolute atomic E-state index is 0.209. The van der Waals surface area contributed by atoms with Crippen LogP contribution in [0.4, 0.5) is 10.5 Å². The summed E-state index contributed by atoms with van der Waals surface area (Å²) >= 11 is 6.07. The number of nitrogens with zero attached hydrogens (tertiary/aromatic N) is 1. The number of rotatable bonds is 11. The predicted octanol–water partition coefficient (Wildman–Crippen LogP) is 3.10. The van der Waals surface area contributed by atoms with Crippen LogP contribution in [0, 0.1) is 5.92 Å². The van der Waals surface area contributed by atoms with Gasteiger partial charge in [-0.3, -0.25) is 4.79 Å². The summed E-state index contributed by atoms with van der Waals surface area (Å²) in [6, 6.07) is 9.80. The summed E-state index contributed by atoms with van der Waals surface area (Å²) in [5, 5.41) is 15.0. The lowest BCUT2D eigenvalue weighted by Crippen LogP contribution is -2.49. The van der Waals surface area contributed by atoms with Crippen molar-refractivity contribution in [3.8, 4) is 17.2 Å². The normalized spacial score (nSPS) is 15.1. The highest BCUT2D eigenvalue weighted by Gasteiger charge is 2.24. The van der Waals surface area contributed by atoms with Crippen LogP contribution >= 0.6 is 11.6 Å². The zero-order chi connectivity index (χ0) is 26.1. The van der Waals surface area contributed by atoms with E-state index < -0.39 is 6.09 Å². The number of likely N-dealkylation sites (tertiary alicyclic amines) is 1. The summed E-state index contributed by atoms with van der Waals surface area (Å²) in [5.74, 6) is 1.77. The molecule has 2 aromatic carbocycles. The van der Waals surface area contributed by atoms with Crippen LogP contribution in [0.1, 0.15) is 23.2 Å². The first-order valence-electron chi connectivity index (χ1n) is 11.7. The maximum absolute atomic E-state index is 12.7. The molecule has 2 aromatic rings. The topological polar surface area (TPSA) is 135 Å². The van der Waals surface area contributed by atoms with Crippen LogP contribution in [-0.2, 0) is 0 Å². The maximum atomic E-state index is 12.7. The van der Waals surface area contributed by atoms with E-state index >= 15 is 0 Å². The average molecular weight is 521 g/mol. The summed E-state index contributed by atoms with van der Waals surface area (Å²) in [6.45, 7) is 2.84. The molecular weight excluding hydrogens is 488 g/mol. The van der Waals surface area contributed by atoms with E-state index in [0.29, 0.717) is 46.8 Å². The van der Waals surface area contributed by atoms with E-state index in [0.717, 1.165) is 31.7 Å². The number of carbonyl (C=O) groups is 2. The van der Waals surface area contributed by atoms with Gasteiger partial charge < -0.3 is 40.6 Å². The lowest BCUT2D eigenvalue weighted by Gasteiger charge is -2.34. The van der Waals surface area contributed by atoms with Crippen molar-refractivity contribution < 1.29 is 28.9 Å². The summed E-state index contributed by atoms with van der Waals surface area (Å²) < 4.78 is 16.2. The number of nitrogen functional groups attached to an aromatic ring is 1. The standard InChI is InChI=1S/C25H33ClN4O6/c1-34-18-3-5-19(6-4-18)36-15-17(29-25(32)33)14-30-9-7-16(8-10-30)13-28-24(31)20-11-21(26)22(27)12-23(20)35-2/h3-6,11-12,16-17,29H,7-10,13-15,27H2,1-2H3,(H,28,31)(H,32,33). The molecular formula is C25H33ClN4O6. The molecule has 1 heterocycles. The molecule has 0 aromatic heterocycles. The highest BCUT2D eigenvalue weighted by atomic mass is 35.5. The molecule has 1 aliphatic rings.